The highest BCUT2D eigenvalue weighted by molar-refractivity contribution is 4.47. The first-order valence-electron chi connectivity index (χ1n) is 6.84. The molecule has 8 nitrogen and oxygen atoms in total. The molecule has 0 amide bonds. The van der Waals surface area contributed by atoms with E-state index in [1.54, 1.807) is 13.8 Å². The Hall–Kier alpha value is -0.320. The van der Waals surface area contributed by atoms with E-state index in [1.165, 1.54) is 6.92 Å². The molecular formula is C13H32O8. The third-order valence-corrected chi connectivity index (χ3v) is 1.61. The Morgan fingerprint density at radius 1 is 0.762 bits per heavy atom. The first kappa shape index (κ1) is 25.6. The largest absolute Gasteiger partial charge is 0.394 e. The second-order valence-corrected chi connectivity index (χ2v) is 4.27. The highest BCUT2D eigenvalue weighted by Gasteiger charge is 2.00. The van der Waals surface area contributed by atoms with Crippen molar-refractivity contribution in [3.05, 3.63) is 0 Å². The van der Waals surface area contributed by atoms with Crippen molar-refractivity contribution in [3.63, 3.8) is 0 Å². The third kappa shape index (κ3) is 38.3. The van der Waals surface area contributed by atoms with Gasteiger partial charge in [-0.05, 0) is 20.8 Å². The summed E-state index contributed by atoms with van der Waals surface area (Å²) in [4.78, 5) is 0. The van der Waals surface area contributed by atoms with Gasteiger partial charge >= 0.3 is 0 Å². The predicted octanol–water partition coefficient (Wildman–Crippen LogP) is -1.89. The van der Waals surface area contributed by atoms with Crippen LogP contribution in [0.2, 0.25) is 0 Å². The zero-order valence-corrected chi connectivity index (χ0v) is 13.2. The smallest absolute Gasteiger partial charge is 0.0779 e. The summed E-state index contributed by atoms with van der Waals surface area (Å²) in [6.45, 7) is 5.78. The summed E-state index contributed by atoms with van der Waals surface area (Å²) in [6.07, 6.45) is -1.17. The maximum atomic E-state index is 8.69. The average Bonchev–Trinajstić information content (AvgIpc) is 2.46. The summed E-state index contributed by atoms with van der Waals surface area (Å²) in [5.74, 6) is 0. The number of rotatable bonds is 9. The van der Waals surface area contributed by atoms with E-state index in [9.17, 15) is 0 Å². The monoisotopic (exact) mass is 316 g/mol. The molecule has 3 unspecified atom stereocenters. The van der Waals surface area contributed by atoms with Crippen molar-refractivity contribution in [1.29, 1.82) is 0 Å². The second-order valence-electron chi connectivity index (χ2n) is 4.27. The lowest BCUT2D eigenvalue weighted by Gasteiger charge is -2.10. The maximum absolute atomic E-state index is 8.69. The number of hydrogen-bond donors (Lipinski definition) is 6. The van der Waals surface area contributed by atoms with E-state index < -0.39 is 12.2 Å². The van der Waals surface area contributed by atoms with E-state index in [1.807, 2.05) is 0 Å². The Bertz CT molecular complexity index is 162. The molecule has 3 atom stereocenters. The molecule has 0 radical (unpaired) electrons. The number of aliphatic hydroxyl groups excluding tert-OH is 6. The minimum absolute atomic E-state index is 0.00667. The SMILES string of the molecule is CC(O)CO.CC(O)COC(C)CO.OCCOCCO. The second kappa shape index (κ2) is 22.0. The van der Waals surface area contributed by atoms with E-state index in [0.717, 1.165) is 0 Å². The molecule has 0 aromatic heterocycles. The fourth-order valence-corrected chi connectivity index (χ4v) is 0.587. The van der Waals surface area contributed by atoms with Gasteiger partial charge < -0.3 is 40.1 Å². The van der Waals surface area contributed by atoms with Crippen LogP contribution < -0.4 is 0 Å². The zero-order valence-electron chi connectivity index (χ0n) is 13.2. The number of aliphatic hydroxyl groups is 6. The van der Waals surface area contributed by atoms with Crippen LogP contribution in [0.15, 0.2) is 0 Å². The molecule has 0 heterocycles. The van der Waals surface area contributed by atoms with E-state index in [2.05, 4.69) is 4.74 Å². The van der Waals surface area contributed by atoms with E-state index in [4.69, 9.17) is 35.4 Å². The lowest BCUT2D eigenvalue weighted by atomic mass is 10.4. The van der Waals surface area contributed by atoms with Gasteiger partial charge in [-0.15, -0.1) is 0 Å². The van der Waals surface area contributed by atoms with Crippen molar-refractivity contribution >= 4 is 0 Å². The quantitative estimate of drug-likeness (QED) is 0.271. The van der Waals surface area contributed by atoms with Gasteiger partial charge in [0.25, 0.3) is 0 Å². The summed E-state index contributed by atoms with van der Waals surface area (Å²) >= 11 is 0. The van der Waals surface area contributed by atoms with Crippen molar-refractivity contribution in [2.45, 2.75) is 39.1 Å². The van der Waals surface area contributed by atoms with Crippen LogP contribution in [0.4, 0.5) is 0 Å². The Morgan fingerprint density at radius 3 is 1.43 bits per heavy atom. The van der Waals surface area contributed by atoms with Crippen molar-refractivity contribution in [2.24, 2.45) is 0 Å². The minimum Gasteiger partial charge on any atom is -0.394 e. The molecule has 0 aromatic carbocycles. The molecule has 0 aliphatic carbocycles. The summed E-state index contributed by atoms with van der Waals surface area (Å²) in [5, 5.41) is 49.3. The van der Waals surface area contributed by atoms with Crippen LogP contribution >= 0.6 is 0 Å². The zero-order chi connectivity index (χ0) is 17.1. The van der Waals surface area contributed by atoms with Gasteiger partial charge in [0, 0.05) is 0 Å². The molecule has 21 heavy (non-hydrogen) atoms. The highest BCUT2D eigenvalue weighted by Crippen LogP contribution is 1.90. The van der Waals surface area contributed by atoms with Crippen molar-refractivity contribution < 1.29 is 40.1 Å². The summed E-state index contributed by atoms with van der Waals surface area (Å²) in [7, 11) is 0. The molecule has 0 saturated carbocycles. The Balaban J connectivity index is -0.000000242. The number of ether oxygens (including phenoxy) is 2. The summed E-state index contributed by atoms with van der Waals surface area (Å²) < 4.78 is 9.58. The fourth-order valence-electron chi connectivity index (χ4n) is 0.587. The van der Waals surface area contributed by atoms with Gasteiger partial charge in [-0.25, -0.2) is 0 Å². The summed E-state index contributed by atoms with van der Waals surface area (Å²) in [6, 6.07) is 0. The van der Waals surface area contributed by atoms with Crippen LogP contribution in [0.3, 0.4) is 0 Å². The van der Waals surface area contributed by atoms with Crippen LogP contribution in [0.25, 0.3) is 0 Å². The predicted molar refractivity (Wildman–Crippen MR) is 77.9 cm³/mol. The number of hydrogen-bond acceptors (Lipinski definition) is 8. The molecule has 0 saturated heterocycles. The standard InChI is InChI=1S/C6H14O3.C4H10O3.C3H8O2/c1-5(8)4-9-6(2)3-7;5-1-3-7-4-2-6;1-3(5)2-4/h5-8H,3-4H2,1-2H3;5-6H,1-4H2;3-5H,2H2,1H3. The first-order valence-corrected chi connectivity index (χ1v) is 6.84. The van der Waals surface area contributed by atoms with Gasteiger partial charge in [-0.2, -0.15) is 0 Å². The van der Waals surface area contributed by atoms with Gasteiger partial charge in [0.2, 0.25) is 0 Å². The molecule has 0 spiro atoms. The molecule has 0 bridgehead atoms. The Kier molecular flexibility index (Phi) is 26.8. The fraction of sp³-hybridized carbons (Fsp3) is 1.00. The maximum Gasteiger partial charge on any atom is 0.0779 e. The molecule has 0 aliphatic heterocycles. The molecule has 8 heteroatoms. The van der Waals surface area contributed by atoms with E-state index >= 15 is 0 Å². The minimum atomic E-state index is -0.560. The third-order valence-electron chi connectivity index (χ3n) is 1.61. The molecule has 0 aliphatic rings. The normalized spacial score (nSPS) is 14.1. The molecule has 0 aromatic rings. The van der Waals surface area contributed by atoms with Gasteiger partial charge in [0.05, 0.1) is 64.6 Å². The molecule has 6 N–H and O–H groups in total. The summed E-state index contributed by atoms with van der Waals surface area (Å²) in [5.41, 5.74) is 0. The lowest BCUT2D eigenvalue weighted by molar-refractivity contribution is -0.0177. The Morgan fingerprint density at radius 2 is 1.19 bits per heavy atom. The van der Waals surface area contributed by atoms with Crippen LogP contribution in [-0.2, 0) is 9.47 Å². The van der Waals surface area contributed by atoms with Crippen molar-refractivity contribution in [3.8, 4) is 0 Å². The molecular weight excluding hydrogens is 284 g/mol. The van der Waals surface area contributed by atoms with Crippen molar-refractivity contribution in [1.82, 2.24) is 0 Å². The van der Waals surface area contributed by atoms with E-state index in [-0.39, 0.29) is 32.5 Å². The van der Waals surface area contributed by atoms with Crippen LogP contribution in [-0.4, -0.2) is 95.2 Å². The van der Waals surface area contributed by atoms with Crippen LogP contribution in [0.5, 0.6) is 0 Å². The topological polar surface area (TPSA) is 140 Å². The van der Waals surface area contributed by atoms with Crippen LogP contribution in [0.1, 0.15) is 20.8 Å². The molecule has 0 fully saturated rings. The lowest BCUT2D eigenvalue weighted by Crippen LogP contribution is -2.19. The van der Waals surface area contributed by atoms with Gasteiger partial charge in [0.1, 0.15) is 0 Å². The van der Waals surface area contributed by atoms with Gasteiger partial charge in [0.15, 0.2) is 0 Å². The average molecular weight is 316 g/mol. The van der Waals surface area contributed by atoms with E-state index in [0.29, 0.717) is 19.8 Å². The first-order chi connectivity index (χ1) is 9.85. The molecule has 0 rings (SSSR count). The highest BCUT2D eigenvalue weighted by atomic mass is 16.5. The van der Waals surface area contributed by atoms with Crippen LogP contribution in [0, 0.1) is 0 Å². The van der Waals surface area contributed by atoms with Crippen molar-refractivity contribution in [2.75, 3.05) is 46.2 Å². The van der Waals surface area contributed by atoms with Gasteiger partial charge in [-0.3, -0.25) is 0 Å². The van der Waals surface area contributed by atoms with Gasteiger partial charge in [-0.1, -0.05) is 0 Å². The molecule has 132 valence electrons. The Labute approximate surface area is 126 Å².